The van der Waals surface area contributed by atoms with Gasteiger partial charge in [0.2, 0.25) is 11.9 Å². The smallest absolute Gasteiger partial charge is 0.410 e. The molecule has 0 bridgehead atoms. The van der Waals surface area contributed by atoms with E-state index < -0.39 is 18.3 Å². The highest BCUT2D eigenvalue weighted by Gasteiger charge is 2.33. The van der Waals surface area contributed by atoms with Gasteiger partial charge >= 0.3 is 12.7 Å². The van der Waals surface area contributed by atoms with Crippen molar-refractivity contribution in [2.24, 2.45) is 0 Å². The fourth-order valence-corrected chi connectivity index (χ4v) is 5.79. The van der Waals surface area contributed by atoms with E-state index in [1.54, 1.807) is 32.8 Å². The van der Waals surface area contributed by atoms with Crippen molar-refractivity contribution in [3.63, 3.8) is 0 Å². The van der Waals surface area contributed by atoms with Crippen molar-refractivity contribution in [2.75, 3.05) is 48.4 Å². The predicted octanol–water partition coefficient (Wildman–Crippen LogP) is 6.23. The number of nitriles is 1. The number of nitrogens with one attached hydrogen (secondary N) is 1. The van der Waals surface area contributed by atoms with Crippen LogP contribution >= 0.6 is 11.6 Å². The van der Waals surface area contributed by atoms with Gasteiger partial charge in [0.15, 0.2) is 5.65 Å². The van der Waals surface area contributed by atoms with E-state index in [0.717, 1.165) is 24.2 Å². The molecule has 1 aliphatic carbocycles. The van der Waals surface area contributed by atoms with Crippen LogP contribution < -0.4 is 24.6 Å². The Morgan fingerprint density at radius 2 is 1.84 bits per heavy atom. The fourth-order valence-electron chi connectivity index (χ4n) is 5.51. The van der Waals surface area contributed by atoms with Gasteiger partial charge in [0.25, 0.3) is 0 Å². The lowest BCUT2D eigenvalue weighted by Gasteiger charge is -2.37. The Morgan fingerprint density at radius 3 is 2.45 bits per heavy atom. The van der Waals surface area contributed by atoms with Crippen LogP contribution in [-0.4, -0.2) is 82.1 Å². The number of carbonyl (C=O) groups excluding carboxylic acids is 1. The van der Waals surface area contributed by atoms with Crippen LogP contribution in [0.1, 0.15) is 44.7 Å². The lowest BCUT2D eigenvalue weighted by Crippen LogP contribution is -2.50. The highest BCUT2D eigenvalue weighted by atomic mass is 35.5. The molecule has 0 radical (unpaired) electrons. The first-order valence-electron chi connectivity index (χ1n) is 15.8. The Labute approximate surface area is 286 Å². The van der Waals surface area contributed by atoms with Crippen LogP contribution in [0.15, 0.2) is 42.6 Å². The highest BCUT2D eigenvalue weighted by molar-refractivity contribution is 6.36. The topological polar surface area (TPSA) is 133 Å². The maximum atomic E-state index is 13.5. The molecule has 4 aromatic rings. The molecule has 6 rings (SSSR count). The van der Waals surface area contributed by atoms with Gasteiger partial charge in [0.1, 0.15) is 28.7 Å². The Kier molecular flexibility index (Phi) is 9.51. The van der Waals surface area contributed by atoms with Crippen LogP contribution in [0.2, 0.25) is 5.02 Å². The van der Waals surface area contributed by atoms with E-state index in [4.69, 9.17) is 30.8 Å². The highest BCUT2D eigenvalue weighted by Crippen LogP contribution is 2.40. The van der Waals surface area contributed by atoms with Crippen molar-refractivity contribution in [1.82, 2.24) is 24.5 Å². The van der Waals surface area contributed by atoms with E-state index in [-0.39, 0.29) is 39.7 Å². The summed E-state index contributed by atoms with van der Waals surface area (Å²) >= 11 is 6.94. The number of benzene rings is 2. The average Bonchev–Trinajstić information content (AvgIpc) is 3.82. The third kappa shape index (κ3) is 7.80. The molecule has 1 saturated carbocycles. The van der Waals surface area contributed by atoms with Crippen molar-refractivity contribution < 1.29 is 27.8 Å². The number of methoxy groups -OCH3 is 1. The number of nitrogens with zero attached hydrogens (tertiary/aromatic N) is 8. The number of fused-ring (bicyclic) bond motifs is 1. The summed E-state index contributed by atoms with van der Waals surface area (Å²) in [5.74, 6) is 1.13. The maximum Gasteiger partial charge on any atom is 0.410 e. The first kappa shape index (κ1) is 33.8. The minimum Gasteiger partial charge on any atom is -0.497 e. The van der Waals surface area contributed by atoms with Gasteiger partial charge in [-0.3, -0.25) is 0 Å². The predicted molar refractivity (Wildman–Crippen MR) is 179 cm³/mol. The number of piperazine rings is 1. The first-order valence-corrected chi connectivity index (χ1v) is 16.1. The molecule has 49 heavy (non-hydrogen) atoms. The zero-order chi connectivity index (χ0) is 34.9. The van der Waals surface area contributed by atoms with E-state index in [9.17, 15) is 18.8 Å². The second-order valence-corrected chi connectivity index (χ2v) is 13.1. The Balaban J connectivity index is 1.33. The molecule has 2 fully saturated rings. The van der Waals surface area contributed by atoms with E-state index >= 15 is 0 Å². The summed E-state index contributed by atoms with van der Waals surface area (Å²) in [6, 6.07) is 12.8. The quantitative estimate of drug-likeness (QED) is 0.202. The van der Waals surface area contributed by atoms with Gasteiger partial charge < -0.3 is 34.2 Å². The van der Waals surface area contributed by atoms with Gasteiger partial charge in [0.05, 0.1) is 29.7 Å². The molecule has 2 aliphatic rings. The average molecular weight is 696 g/mol. The molecule has 0 spiro atoms. The van der Waals surface area contributed by atoms with E-state index in [2.05, 4.69) is 26.4 Å². The summed E-state index contributed by atoms with van der Waals surface area (Å²) in [7, 11) is 1.61. The number of carbonyl (C=O) groups is 1. The number of hydrogen-bond acceptors (Lipinski definition) is 11. The van der Waals surface area contributed by atoms with Crippen molar-refractivity contribution in [2.45, 2.75) is 58.4 Å². The molecular formula is C33H36ClF2N9O4. The summed E-state index contributed by atoms with van der Waals surface area (Å²) in [5.41, 5.74) is 1.51. The molecule has 16 heteroatoms. The Morgan fingerprint density at radius 1 is 1.12 bits per heavy atom. The first-order chi connectivity index (χ1) is 23.4. The van der Waals surface area contributed by atoms with Crippen LogP contribution in [0.3, 0.4) is 0 Å². The lowest BCUT2D eigenvalue weighted by molar-refractivity contribution is -0.0497. The van der Waals surface area contributed by atoms with Gasteiger partial charge in [-0.15, -0.1) is 0 Å². The largest absolute Gasteiger partial charge is 0.497 e. The van der Waals surface area contributed by atoms with Crippen LogP contribution in [0.4, 0.5) is 36.8 Å². The molecule has 0 atom stereocenters. The van der Waals surface area contributed by atoms with Crippen molar-refractivity contribution in [1.29, 1.82) is 5.26 Å². The summed E-state index contributed by atoms with van der Waals surface area (Å²) in [5, 5.41) is 17.6. The molecule has 1 amide bonds. The van der Waals surface area contributed by atoms with Crippen LogP contribution in [0.25, 0.3) is 5.65 Å². The normalized spacial score (nSPS) is 14.9. The van der Waals surface area contributed by atoms with E-state index in [0.29, 0.717) is 44.4 Å². The van der Waals surface area contributed by atoms with Gasteiger partial charge in [-0.2, -0.15) is 33.6 Å². The van der Waals surface area contributed by atoms with Crippen molar-refractivity contribution >= 4 is 46.6 Å². The summed E-state index contributed by atoms with van der Waals surface area (Å²) in [4.78, 5) is 27.6. The summed E-state index contributed by atoms with van der Waals surface area (Å²) in [6.07, 6.45) is 2.89. The maximum absolute atomic E-state index is 13.5. The number of amides is 1. The van der Waals surface area contributed by atoms with Gasteiger partial charge in [-0.1, -0.05) is 23.7 Å². The number of alkyl halides is 2. The molecule has 2 aromatic heterocycles. The lowest BCUT2D eigenvalue weighted by atomic mass is 10.2. The minimum atomic E-state index is -3.08. The SMILES string of the molecule is COc1ccc(CN(c2nc(Nc3cc(OC(F)F)cc(N4CCN(C(=O)OC(C)(C)C)CC4)c3Cl)nc3c(C#N)cnn23)C2CC2)cc1. The minimum absolute atomic E-state index is 0.0803. The Hall–Kier alpha value is -5.10. The number of hydrogen-bond donors (Lipinski definition) is 1. The van der Waals surface area contributed by atoms with E-state index in [1.165, 1.54) is 22.8 Å². The third-order valence-electron chi connectivity index (χ3n) is 8.00. The number of ether oxygens (including phenoxy) is 3. The third-order valence-corrected chi connectivity index (χ3v) is 8.40. The fraction of sp³-hybridized carbons (Fsp3) is 0.424. The molecule has 258 valence electrons. The zero-order valence-electron chi connectivity index (χ0n) is 27.5. The molecule has 1 N–H and O–H groups in total. The molecular weight excluding hydrogens is 660 g/mol. The summed E-state index contributed by atoms with van der Waals surface area (Å²) in [6.45, 7) is 4.21. The number of halogens is 3. The van der Waals surface area contributed by atoms with Gasteiger partial charge in [0, 0.05) is 50.9 Å². The van der Waals surface area contributed by atoms with Crippen LogP contribution in [-0.2, 0) is 11.3 Å². The molecule has 3 heterocycles. The second-order valence-electron chi connectivity index (χ2n) is 12.7. The Bertz CT molecular complexity index is 1870. The molecule has 0 unspecified atom stereocenters. The molecule has 1 saturated heterocycles. The standard InChI is InChI=1S/C33H36ClF2N9O4/c1-33(2,3)49-32(46)43-13-11-42(12-14-43)26-16-24(48-29(35)36)15-25(27(26)34)39-30-40-28-21(17-37)18-38-45(28)31(41-30)44(22-7-8-22)19-20-5-9-23(47-4)10-6-20/h5-6,9-10,15-16,18,22,29H,7-8,11-14,19H2,1-4H3,(H,39,40). The number of rotatable bonds is 10. The monoisotopic (exact) mass is 695 g/mol. The second kappa shape index (κ2) is 13.8. The molecule has 1 aliphatic heterocycles. The number of anilines is 4. The number of aromatic nitrogens is 4. The molecule has 13 nitrogen and oxygen atoms in total. The van der Waals surface area contributed by atoms with Crippen molar-refractivity contribution in [3.05, 3.63) is 58.7 Å². The van der Waals surface area contributed by atoms with Crippen LogP contribution in [0.5, 0.6) is 11.5 Å². The van der Waals surface area contributed by atoms with Crippen molar-refractivity contribution in [3.8, 4) is 17.6 Å². The van der Waals surface area contributed by atoms with Gasteiger partial charge in [-0.25, -0.2) is 4.79 Å². The molecule has 2 aromatic carbocycles. The van der Waals surface area contributed by atoms with E-state index in [1.807, 2.05) is 29.2 Å². The van der Waals surface area contributed by atoms with Gasteiger partial charge in [-0.05, 0) is 51.3 Å². The zero-order valence-corrected chi connectivity index (χ0v) is 28.2. The summed E-state index contributed by atoms with van der Waals surface area (Å²) < 4.78 is 44.1. The van der Waals surface area contributed by atoms with Crippen LogP contribution in [0, 0.1) is 11.3 Å².